The molecule has 2 atom stereocenters. The molecule has 0 amide bonds. The number of methoxy groups -OCH3 is 2. The third-order valence-corrected chi connectivity index (χ3v) is 8.10. The van der Waals surface area contributed by atoms with Crippen LogP contribution in [0.4, 0.5) is 5.69 Å². The Labute approximate surface area is 164 Å². The van der Waals surface area contributed by atoms with E-state index >= 15 is 0 Å². The predicted molar refractivity (Wildman–Crippen MR) is 104 cm³/mol. The molecule has 2 aromatic rings. The highest BCUT2D eigenvalue weighted by Gasteiger charge is 2.45. The topological polar surface area (TPSA) is 110 Å². The number of aliphatic hydroxyl groups is 1. The van der Waals surface area contributed by atoms with E-state index in [-0.39, 0.29) is 16.3 Å². The summed E-state index contributed by atoms with van der Waals surface area (Å²) in [5.41, 5.74) is 0.251. The van der Waals surface area contributed by atoms with Gasteiger partial charge in [-0.3, -0.25) is 4.31 Å². The normalized spacial score (nSPS) is 21.2. The van der Waals surface area contributed by atoms with Crippen molar-refractivity contribution < 1.29 is 31.4 Å². The fourth-order valence-corrected chi connectivity index (χ4v) is 6.90. The summed E-state index contributed by atoms with van der Waals surface area (Å²) in [6.07, 6.45) is -1.34. The van der Waals surface area contributed by atoms with E-state index in [4.69, 9.17) is 9.47 Å². The molecule has 1 aliphatic rings. The molecule has 0 saturated carbocycles. The van der Waals surface area contributed by atoms with Crippen LogP contribution >= 0.6 is 0 Å². The number of rotatable bonds is 6. The lowest BCUT2D eigenvalue weighted by atomic mass is 10.2. The molecular formula is C18H21NO7S2. The quantitative estimate of drug-likeness (QED) is 0.734. The molecule has 1 saturated heterocycles. The van der Waals surface area contributed by atoms with Gasteiger partial charge in [-0.2, -0.15) is 0 Å². The second-order valence-electron chi connectivity index (χ2n) is 6.36. The first kappa shape index (κ1) is 20.4. The molecule has 1 aliphatic heterocycles. The van der Waals surface area contributed by atoms with Crippen LogP contribution in [0.1, 0.15) is 0 Å². The first-order chi connectivity index (χ1) is 13.2. The molecule has 0 aliphatic carbocycles. The fourth-order valence-electron chi connectivity index (χ4n) is 3.21. The number of sulfone groups is 1. The predicted octanol–water partition coefficient (Wildman–Crippen LogP) is 1.06. The lowest BCUT2D eigenvalue weighted by Crippen LogP contribution is -2.47. The maximum Gasteiger partial charge on any atom is 0.268 e. The summed E-state index contributed by atoms with van der Waals surface area (Å²) in [5, 5.41) is 10.3. The molecule has 0 bridgehead atoms. The van der Waals surface area contributed by atoms with Crippen molar-refractivity contribution >= 4 is 25.5 Å². The molecule has 1 N–H and O–H groups in total. The number of ether oxygens (including phenoxy) is 2. The van der Waals surface area contributed by atoms with E-state index < -0.39 is 43.5 Å². The summed E-state index contributed by atoms with van der Waals surface area (Å²) in [6.45, 7) is 0. The minimum atomic E-state index is -4.26. The van der Waals surface area contributed by atoms with Gasteiger partial charge in [-0.05, 0) is 24.3 Å². The molecule has 0 aromatic heterocycles. The zero-order valence-corrected chi connectivity index (χ0v) is 17.0. The maximum atomic E-state index is 13.6. The van der Waals surface area contributed by atoms with Gasteiger partial charge in [-0.15, -0.1) is 0 Å². The Balaban J connectivity index is 2.18. The van der Waals surface area contributed by atoms with Crippen molar-refractivity contribution in [2.75, 3.05) is 30.0 Å². The Hall–Kier alpha value is -2.30. The number of aliphatic hydroxyl groups excluding tert-OH is 1. The Bertz CT molecular complexity index is 1050. The lowest BCUT2D eigenvalue weighted by molar-refractivity contribution is 0.184. The Kier molecular flexibility index (Phi) is 5.55. The molecule has 0 spiro atoms. The zero-order valence-electron chi connectivity index (χ0n) is 15.3. The van der Waals surface area contributed by atoms with Crippen LogP contribution in [0.5, 0.6) is 11.5 Å². The summed E-state index contributed by atoms with van der Waals surface area (Å²) >= 11 is 0. The van der Waals surface area contributed by atoms with Gasteiger partial charge in [0.15, 0.2) is 9.84 Å². The van der Waals surface area contributed by atoms with Gasteiger partial charge in [0, 0.05) is 6.07 Å². The van der Waals surface area contributed by atoms with Gasteiger partial charge in [0.1, 0.15) is 16.4 Å². The second-order valence-corrected chi connectivity index (χ2v) is 10.3. The van der Waals surface area contributed by atoms with Crippen LogP contribution < -0.4 is 13.8 Å². The number of hydrogen-bond donors (Lipinski definition) is 1. The van der Waals surface area contributed by atoms with Gasteiger partial charge in [-0.25, -0.2) is 16.8 Å². The smallest absolute Gasteiger partial charge is 0.268 e. The van der Waals surface area contributed by atoms with Crippen LogP contribution in [0.15, 0.2) is 53.4 Å². The molecule has 8 nitrogen and oxygen atoms in total. The molecule has 1 fully saturated rings. The highest BCUT2D eigenvalue weighted by atomic mass is 32.2. The molecular weight excluding hydrogens is 406 g/mol. The van der Waals surface area contributed by atoms with Crippen molar-refractivity contribution in [1.29, 1.82) is 0 Å². The molecule has 152 valence electrons. The number of sulfonamides is 1. The Morgan fingerprint density at radius 1 is 1.04 bits per heavy atom. The number of nitrogens with zero attached hydrogens (tertiary/aromatic N) is 1. The van der Waals surface area contributed by atoms with Crippen molar-refractivity contribution in [3.8, 4) is 11.5 Å². The van der Waals surface area contributed by atoms with Crippen LogP contribution in [-0.4, -0.2) is 59.8 Å². The molecule has 1 heterocycles. The standard InChI is InChI=1S/C18H21NO7S2/c1-25-14-8-9-18(17(10-14)26-2)28(23,24)19(13-6-4-3-5-7-13)15-11-27(21,22)12-16(15)20/h3-10,15-16,20H,11-12H2,1-2H3/t15-,16+/m0/s1. The van der Waals surface area contributed by atoms with E-state index in [1.807, 2.05) is 0 Å². The van der Waals surface area contributed by atoms with Crippen LogP contribution in [0.2, 0.25) is 0 Å². The second kappa shape index (κ2) is 7.61. The van der Waals surface area contributed by atoms with E-state index in [1.165, 1.54) is 32.4 Å². The van der Waals surface area contributed by atoms with Gasteiger partial charge in [0.2, 0.25) is 0 Å². The molecule has 0 unspecified atom stereocenters. The van der Waals surface area contributed by atoms with Crippen LogP contribution in [0.25, 0.3) is 0 Å². The minimum Gasteiger partial charge on any atom is -0.497 e. The van der Waals surface area contributed by atoms with Crippen molar-refractivity contribution in [2.24, 2.45) is 0 Å². The highest BCUT2D eigenvalue weighted by Crippen LogP contribution is 2.36. The summed E-state index contributed by atoms with van der Waals surface area (Å²) in [6, 6.07) is 11.2. The monoisotopic (exact) mass is 427 g/mol. The number of anilines is 1. The van der Waals surface area contributed by atoms with Gasteiger partial charge in [-0.1, -0.05) is 18.2 Å². The van der Waals surface area contributed by atoms with Crippen LogP contribution in [-0.2, 0) is 19.9 Å². The average Bonchev–Trinajstić information content (AvgIpc) is 2.93. The molecule has 10 heteroatoms. The third-order valence-electron chi connectivity index (χ3n) is 4.51. The van der Waals surface area contributed by atoms with Crippen molar-refractivity contribution in [2.45, 2.75) is 17.0 Å². The van der Waals surface area contributed by atoms with E-state index in [9.17, 15) is 21.9 Å². The highest BCUT2D eigenvalue weighted by molar-refractivity contribution is 7.93. The van der Waals surface area contributed by atoms with E-state index in [0.717, 1.165) is 4.31 Å². The van der Waals surface area contributed by atoms with Crippen molar-refractivity contribution in [3.05, 3.63) is 48.5 Å². The van der Waals surface area contributed by atoms with Gasteiger partial charge in [0.25, 0.3) is 10.0 Å². The molecule has 3 rings (SSSR count). The van der Waals surface area contributed by atoms with Gasteiger partial charge < -0.3 is 14.6 Å². The number of hydrogen-bond acceptors (Lipinski definition) is 7. The summed E-state index contributed by atoms with van der Waals surface area (Å²) in [5.74, 6) is -0.502. The largest absolute Gasteiger partial charge is 0.497 e. The number of para-hydroxylation sites is 1. The van der Waals surface area contributed by atoms with E-state index in [0.29, 0.717) is 5.75 Å². The Morgan fingerprint density at radius 2 is 1.71 bits per heavy atom. The maximum absolute atomic E-state index is 13.6. The Morgan fingerprint density at radius 3 is 2.25 bits per heavy atom. The molecule has 2 aromatic carbocycles. The van der Waals surface area contributed by atoms with E-state index in [2.05, 4.69) is 0 Å². The first-order valence-electron chi connectivity index (χ1n) is 8.39. The van der Waals surface area contributed by atoms with Crippen molar-refractivity contribution in [3.63, 3.8) is 0 Å². The van der Waals surface area contributed by atoms with Crippen LogP contribution in [0, 0.1) is 0 Å². The summed E-state index contributed by atoms with van der Waals surface area (Å²) in [4.78, 5) is -0.156. The lowest BCUT2D eigenvalue weighted by Gasteiger charge is -2.31. The fraction of sp³-hybridized carbons (Fsp3) is 0.333. The molecule has 28 heavy (non-hydrogen) atoms. The van der Waals surface area contributed by atoms with E-state index in [1.54, 1.807) is 30.3 Å². The zero-order chi connectivity index (χ0) is 20.5. The molecule has 0 radical (unpaired) electrons. The number of benzene rings is 2. The van der Waals surface area contributed by atoms with Crippen LogP contribution in [0.3, 0.4) is 0 Å². The first-order valence-corrected chi connectivity index (χ1v) is 11.7. The average molecular weight is 428 g/mol. The van der Waals surface area contributed by atoms with Gasteiger partial charge >= 0.3 is 0 Å². The SMILES string of the molecule is COc1ccc(S(=O)(=O)N(c2ccccc2)[C@H]2CS(=O)(=O)C[C@H]2O)c(OC)c1. The minimum absolute atomic E-state index is 0.0515. The summed E-state index contributed by atoms with van der Waals surface area (Å²) in [7, 11) is -5.06. The third kappa shape index (κ3) is 3.80. The summed E-state index contributed by atoms with van der Waals surface area (Å²) < 4.78 is 62.5. The van der Waals surface area contributed by atoms with Crippen molar-refractivity contribution in [1.82, 2.24) is 0 Å². The van der Waals surface area contributed by atoms with Gasteiger partial charge in [0.05, 0.1) is 43.6 Å².